The summed E-state index contributed by atoms with van der Waals surface area (Å²) in [7, 11) is 4.65. The van der Waals surface area contributed by atoms with Crippen LogP contribution in [0.4, 0.5) is 0 Å². The van der Waals surface area contributed by atoms with Crippen LogP contribution >= 0.6 is 0 Å². The van der Waals surface area contributed by atoms with Gasteiger partial charge in [0.25, 0.3) is 0 Å². The van der Waals surface area contributed by atoms with Crippen molar-refractivity contribution in [2.75, 3.05) is 14.1 Å². The maximum atomic E-state index is 2.32. The van der Waals surface area contributed by atoms with Crippen LogP contribution in [0.1, 0.15) is 11.1 Å². The van der Waals surface area contributed by atoms with Crippen molar-refractivity contribution in [2.45, 2.75) is 13.1 Å². The third-order valence-corrected chi connectivity index (χ3v) is 4.92. The van der Waals surface area contributed by atoms with Crippen molar-refractivity contribution in [1.82, 2.24) is 0 Å². The molecule has 0 fully saturated rings. The number of rotatable bonds is 4. The molecule has 1 nitrogen and oxygen atoms in total. The lowest BCUT2D eigenvalue weighted by atomic mass is 9.96. The standard InChI is InChI=1S/C24H24N.ClH/c1-25(2,17-19-10-4-3-5-11-19)18-24-22-14-8-6-12-20(22)16-21-13-7-9-15-23(21)24;/h3-16H,17-18H2,1-2H3;1H/q+1;/p-1. The Morgan fingerprint density at radius 2 is 1.12 bits per heavy atom. The Bertz CT molecular complexity index is 968. The van der Waals surface area contributed by atoms with Crippen LogP contribution in [0.5, 0.6) is 0 Å². The predicted molar refractivity (Wildman–Crippen MR) is 107 cm³/mol. The van der Waals surface area contributed by atoms with E-state index in [1.54, 1.807) is 0 Å². The fraction of sp³-hybridized carbons (Fsp3) is 0.167. The summed E-state index contributed by atoms with van der Waals surface area (Å²) in [5, 5.41) is 5.41. The smallest absolute Gasteiger partial charge is 0.105 e. The first kappa shape index (κ1) is 18.4. The first-order valence-electron chi connectivity index (χ1n) is 8.88. The van der Waals surface area contributed by atoms with Gasteiger partial charge in [0, 0.05) is 11.1 Å². The van der Waals surface area contributed by atoms with Crippen LogP contribution in [0.2, 0.25) is 0 Å². The Morgan fingerprint density at radius 1 is 0.615 bits per heavy atom. The maximum Gasteiger partial charge on any atom is 0.105 e. The number of quaternary nitrogens is 1. The third kappa shape index (κ3) is 3.75. The lowest BCUT2D eigenvalue weighted by molar-refractivity contribution is -0.916. The SMILES string of the molecule is C[N+](C)(Cc1ccccc1)Cc1c2ccccc2cc2ccccc12.[Cl-]. The molecule has 0 aliphatic carbocycles. The normalized spacial score (nSPS) is 11.5. The molecular formula is C24H24ClN. The van der Waals surface area contributed by atoms with Crippen LogP contribution in [0.25, 0.3) is 21.5 Å². The van der Waals surface area contributed by atoms with Crippen molar-refractivity contribution in [3.63, 3.8) is 0 Å². The molecule has 132 valence electrons. The monoisotopic (exact) mass is 361 g/mol. The highest BCUT2D eigenvalue weighted by Crippen LogP contribution is 2.30. The zero-order valence-corrected chi connectivity index (χ0v) is 16.1. The van der Waals surface area contributed by atoms with Crippen molar-refractivity contribution in [3.8, 4) is 0 Å². The highest BCUT2D eigenvalue weighted by atomic mass is 35.5. The Kier molecular flexibility index (Phi) is 5.31. The molecule has 0 bridgehead atoms. The van der Waals surface area contributed by atoms with Crippen LogP contribution < -0.4 is 12.4 Å². The Labute approximate surface area is 161 Å². The molecule has 0 aliphatic heterocycles. The van der Waals surface area contributed by atoms with Crippen LogP contribution in [0.15, 0.2) is 84.9 Å². The van der Waals surface area contributed by atoms with E-state index in [1.807, 2.05) is 0 Å². The second-order valence-electron chi connectivity index (χ2n) is 7.53. The number of hydrogen-bond acceptors (Lipinski definition) is 0. The van der Waals surface area contributed by atoms with Gasteiger partial charge < -0.3 is 16.9 Å². The van der Waals surface area contributed by atoms with E-state index >= 15 is 0 Å². The summed E-state index contributed by atoms with van der Waals surface area (Å²) in [6, 6.07) is 30.6. The van der Waals surface area contributed by atoms with E-state index in [9.17, 15) is 0 Å². The van der Waals surface area contributed by atoms with E-state index in [4.69, 9.17) is 0 Å². The van der Waals surface area contributed by atoms with Gasteiger partial charge in [0.15, 0.2) is 0 Å². The van der Waals surface area contributed by atoms with Gasteiger partial charge in [-0.25, -0.2) is 0 Å². The fourth-order valence-electron chi connectivity index (χ4n) is 3.84. The van der Waals surface area contributed by atoms with Crippen LogP contribution in [0.3, 0.4) is 0 Å². The van der Waals surface area contributed by atoms with Crippen LogP contribution in [0, 0.1) is 0 Å². The highest BCUT2D eigenvalue weighted by Gasteiger charge is 2.20. The topological polar surface area (TPSA) is 0 Å². The zero-order chi connectivity index (χ0) is 17.3. The first-order chi connectivity index (χ1) is 12.1. The molecule has 4 aromatic carbocycles. The van der Waals surface area contributed by atoms with Crippen molar-refractivity contribution in [1.29, 1.82) is 0 Å². The van der Waals surface area contributed by atoms with Crippen LogP contribution in [-0.4, -0.2) is 18.6 Å². The molecule has 0 amide bonds. The quantitative estimate of drug-likeness (QED) is 0.387. The molecule has 0 heterocycles. The largest absolute Gasteiger partial charge is 1.00 e. The van der Waals surface area contributed by atoms with Gasteiger partial charge in [0.05, 0.1) is 14.1 Å². The minimum absolute atomic E-state index is 0. The molecule has 0 saturated carbocycles. The fourth-order valence-corrected chi connectivity index (χ4v) is 3.84. The van der Waals surface area contributed by atoms with Gasteiger partial charge in [-0.1, -0.05) is 78.9 Å². The number of halogens is 1. The first-order valence-corrected chi connectivity index (χ1v) is 8.88. The molecule has 4 rings (SSSR count). The van der Waals surface area contributed by atoms with Crippen molar-refractivity contribution in [2.24, 2.45) is 0 Å². The third-order valence-electron chi connectivity index (χ3n) is 4.92. The van der Waals surface area contributed by atoms with Gasteiger partial charge in [0.1, 0.15) is 13.1 Å². The molecule has 0 aromatic heterocycles. The van der Waals surface area contributed by atoms with Crippen molar-refractivity contribution < 1.29 is 16.9 Å². The molecule has 0 spiro atoms. The zero-order valence-electron chi connectivity index (χ0n) is 15.3. The summed E-state index contributed by atoms with van der Waals surface area (Å²) in [6.45, 7) is 2.04. The average Bonchev–Trinajstić information content (AvgIpc) is 2.62. The Morgan fingerprint density at radius 3 is 1.69 bits per heavy atom. The van der Waals surface area contributed by atoms with E-state index in [-0.39, 0.29) is 12.4 Å². The minimum atomic E-state index is 0. The molecule has 0 atom stereocenters. The Hall–Kier alpha value is -2.35. The van der Waals surface area contributed by atoms with Gasteiger partial charge in [-0.2, -0.15) is 0 Å². The molecule has 4 aromatic rings. The lowest BCUT2D eigenvalue weighted by Gasteiger charge is -2.31. The van der Waals surface area contributed by atoms with E-state index in [1.165, 1.54) is 32.7 Å². The Balaban J connectivity index is 0.00000196. The van der Waals surface area contributed by atoms with Crippen molar-refractivity contribution in [3.05, 3.63) is 96.1 Å². The summed E-state index contributed by atoms with van der Waals surface area (Å²) in [4.78, 5) is 0. The van der Waals surface area contributed by atoms with E-state index in [0.717, 1.165) is 17.6 Å². The average molecular weight is 362 g/mol. The van der Waals surface area contributed by atoms with E-state index in [0.29, 0.717) is 0 Å². The van der Waals surface area contributed by atoms with Gasteiger partial charge in [0.2, 0.25) is 0 Å². The molecule has 0 saturated heterocycles. The molecule has 2 heteroatoms. The van der Waals surface area contributed by atoms with Crippen molar-refractivity contribution >= 4 is 21.5 Å². The van der Waals surface area contributed by atoms with E-state index < -0.39 is 0 Å². The molecule has 26 heavy (non-hydrogen) atoms. The lowest BCUT2D eigenvalue weighted by Crippen LogP contribution is -3.00. The molecule has 0 aliphatic rings. The molecular weight excluding hydrogens is 338 g/mol. The molecule has 0 unspecified atom stereocenters. The summed E-state index contributed by atoms with van der Waals surface area (Å²) in [6.07, 6.45) is 0. The summed E-state index contributed by atoms with van der Waals surface area (Å²) >= 11 is 0. The minimum Gasteiger partial charge on any atom is -1.00 e. The second kappa shape index (κ2) is 7.49. The number of benzene rings is 4. The van der Waals surface area contributed by atoms with Gasteiger partial charge in [-0.3, -0.25) is 0 Å². The highest BCUT2D eigenvalue weighted by molar-refractivity contribution is 6.02. The molecule has 0 N–H and O–H groups in total. The summed E-state index contributed by atoms with van der Waals surface area (Å²) in [5.74, 6) is 0. The van der Waals surface area contributed by atoms with E-state index in [2.05, 4.69) is 99.0 Å². The second-order valence-corrected chi connectivity index (χ2v) is 7.53. The number of nitrogens with zero attached hydrogens (tertiary/aromatic N) is 1. The van der Waals surface area contributed by atoms with Gasteiger partial charge in [-0.05, 0) is 27.6 Å². The number of fused-ring (bicyclic) bond motifs is 2. The molecule has 0 radical (unpaired) electrons. The van der Waals surface area contributed by atoms with Gasteiger partial charge in [-0.15, -0.1) is 0 Å². The van der Waals surface area contributed by atoms with Gasteiger partial charge >= 0.3 is 0 Å². The summed E-state index contributed by atoms with van der Waals surface area (Å²) < 4.78 is 0.933. The predicted octanol–water partition coefficient (Wildman–Crippen LogP) is 2.77. The van der Waals surface area contributed by atoms with Crippen LogP contribution in [-0.2, 0) is 13.1 Å². The number of hydrogen-bond donors (Lipinski definition) is 0. The summed E-state index contributed by atoms with van der Waals surface area (Å²) in [5.41, 5.74) is 2.84. The maximum absolute atomic E-state index is 2.32.